The Kier molecular flexibility index (Phi) is 5.89. The van der Waals surface area contributed by atoms with Crippen LogP contribution in [0, 0.1) is 24.2 Å². The first kappa shape index (κ1) is 18.0. The van der Waals surface area contributed by atoms with E-state index in [2.05, 4.69) is 27.7 Å². The first-order chi connectivity index (χ1) is 10.8. The molecule has 0 N–H and O–H groups in total. The molecule has 1 fully saturated rings. The fourth-order valence-corrected chi connectivity index (χ4v) is 3.91. The molecule has 1 atom stereocenters. The third-order valence-corrected chi connectivity index (χ3v) is 5.02. The van der Waals surface area contributed by atoms with E-state index >= 15 is 0 Å². The minimum atomic E-state index is 0.00140. The van der Waals surface area contributed by atoms with Crippen LogP contribution in [-0.4, -0.2) is 12.4 Å². The molecule has 1 aromatic rings. The third kappa shape index (κ3) is 4.37. The summed E-state index contributed by atoms with van der Waals surface area (Å²) >= 11 is 0. The monoisotopic (exact) mass is 316 g/mol. The zero-order valence-electron chi connectivity index (χ0n) is 15.4. The van der Waals surface area contributed by atoms with Crippen molar-refractivity contribution < 1.29 is 9.53 Å². The number of ether oxygens (including phenoxy) is 1. The highest BCUT2D eigenvalue weighted by molar-refractivity contribution is 5.99. The van der Waals surface area contributed by atoms with Gasteiger partial charge in [-0.2, -0.15) is 0 Å². The number of hydrogen-bond donors (Lipinski definition) is 0. The summed E-state index contributed by atoms with van der Waals surface area (Å²) in [7, 11) is 0. The van der Waals surface area contributed by atoms with Gasteiger partial charge in [0.2, 0.25) is 0 Å². The average molecular weight is 316 g/mol. The van der Waals surface area contributed by atoms with Crippen LogP contribution in [0.4, 0.5) is 0 Å². The lowest BCUT2D eigenvalue weighted by molar-refractivity contribution is 0.0714. The van der Waals surface area contributed by atoms with E-state index in [-0.39, 0.29) is 11.3 Å². The highest BCUT2D eigenvalue weighted by atomic mass is 16.5. The molecule has 2 rings (SSSR count). The van der Waals surface area contributed by atoms with Crippen LogP contribution in [0.2, 0.25) is 0 Å². The van der Waals surface area contributed by atoms with E-state index in [1.165, 1.54) is 25.7 Å². The van der Waals surface area contributed by atoms with Crippen molar-refractivity contribution in [1.29, 1.82) is 0 Å². The van der Waals surface area contributed by atoms with Crippen molar-refractivity contribution in [3.8, 4) is 5.75 Å². The Hall–Kier alpha value is -1.31. The molecule has 0 spiro atoms. The van der Waals surface area contributed by atoms with Gasteiger partial charge >= 0.3 is 0 Å². The lowest BCUT2D eigenvalue weighted by Crippen LogP contribution is -2.34. The maximum atomic E-state index is 13.3. The van der Waals surface area contributed by atoms with E-state index in [4.69, 9.17) is 4.74 Å². The standard InChI is InChI=1S/C21H32O2/c1-6-13-23-18-14-17(12-11-15(18)2)20(22)19(21(3,4)5)16-9-7-8-10-16/h11-12,14,16,19H,6-10,13H2,1-5H3. The second kappa shape index (κ2) is 7.51. The summed E-state index contributed by atoms with van der Waals surface area (Å²) in [5.41, 5.74) is 1.92. The van der Waals surface area contributed by atoms with Gasteiger partial charge in [-0.1, -0.05) is 52.7 Å². The highest BCUT2D eigenvalue weighted by Crippen LogP contribution is 2.43. The molecule has 2 heteroatoms. The van der Waals surface area contributed by atoms with Crippen molar-refractivity contribution in [2.75, 3.05) is 6.61 Å². The summed E-state index contributed by atoms with van der Waals surface area (Å²) < 4.78 is 5.82. The first-order valence-electron chi connectivity index (χ1n) is 9.12. The van der Waals surface area contributed by atoms with Crippen LogP contribution in [0.5, 0.6) is 5.75 Å². The molecular weight excluding hydrogens is 284 g/mol. The second-order valence-corrected chi connectivity index (χ2v) is 8.08. The fourth-order valence-electron chi connectivity index (χ4n) is 3.91. The Balaban J connectivity index is 2.29. The molecule has 0 bridgehead atoms. The van der Waals surface area contributed by atoms with E-state index in [1.807, 2.05) is 25.1 Å². The van der Waals surface area contributed by atoms with Crippen LogP contribution in [0.3, 0.4) is 0 Å². The zero-order chi connectivity index (χ0) is 17.0. The van der Waals surface area contributed by atoms with Crippen molar-refractivity contribution in [3.05, 3.63) is 29.3 Å². The largest absolute Gasteiger partial charge is 0.493 e. The Morgan fingerprint density at radius 2 is 1.91 bits per heavy atom. The van der Waals surface area contributed by atoms with Gasteiger partial charge in [0.1, 0.15) is 5.75 Å². The summed E-state index contributed by atoms with van der Waals surface area (Å²) in [4.78, 5) is 13.3. The van der Waals surface area contributed by atoms with Crippen molar-refractivity contribution in [2.24, 2.45) is 17.3 Å². The SMILES string of the molecule is CCCOc1cc(C(=O)C(C2CCCC2)C(C)(C)C)ccc1C. The van der Waals surface area contributed by atoms with Gasteiger partial charge < -0.3 is 4.74 Å². The van der Waals surface area contributed by atoms with Gasteiger partial charge in [0.15, 0.2) is 5.78 Å². The topological polar surface area (TPSA) is 26.3 Å². The van der Waals surface area contributed by atoms with Crippen molar-refractivity contribution in [3.63, 3.8) is 0 Å². The quantitative estimate of drug-likeness (QED) is 0.618. The molecule has 0 saturated heterocycles. The summed E-state index contributed by atoms with van der Waals surface area (Å²) in [6.07, 6.45) is 5.90. The number of rotatable bonds is 6. The molecule has 128 valence electrons. The number of benzene rings is 1. The number of Topliss-reactive ketones (excluding diaryl/α,β-unsaturated/α-hetero) is 1. The fraction of sp³-hybridized carbons (Fsp3) is 0.667. The predicted octanol–water partition coefficient (Wildman–Crippen LogP) is 5.82. The zero-order valence-corrected chi connectivity index (χ0v) is 15.4. The maximum Gasteiger partial charge on any atom is 0.166 e. The molecule has 1 aromatic carbocycles. The van der Waals surface area contributed by atoms with Gasteiger partial charge in [-0.25, -0.2) is 0 Å². The van der Waals surface area contributed by atoms with Crippen LogP contribution >= 0.6 is 0 Å². The summed E-state index contributed by atoms with van der Waals surface area (Å²) in [5, 5.41) is 0. The van der Waals surface area contributed by atoms with E-state index in [0.717, 1.165) is 23.3 Å². The molecule has 23 heavy (non-hydrogen) atoms. The van der Waals surface area contributed by atoms with E-state index in [0.29, 0.717) is 18.3 Å². The maximum absolute atomic E-state index is 13.3. The lowest BCUT2D eigenvalue weighted by atomic mass is 9.69. The first-order valence-corrected chi connectivity index (χ1v) is 9.12. The average Bonchev–Trinajstić information content (AvgIpc) is 2.98. The van der Waals surface area contributed by atoms with Crippen molar-refractivity contribution >= 4 is 5.78 Å². The molecule has 0 heterocycles. The van der Waals surface area contributed by atoms with Gasteiger partial charge in [0.05, 0.1) is 6.61 Å². The smallest absolute Gasteiger partial charge is 0.166 e. The van der Waals surface area contributed by atoms with Gasteiger partial charge in [-0.3, -0.25) is 4.79 Å². The molecule has 0 aliphatic heterocycles. The highest BCUT2D eigenvalue weighted by Gasteiger charge is 2.39. The Morgan fingerprint density at radius 3 is 2.48 bits per heavy atom. The molecule has 1 unspecified atom stereocenters. The second-order valence-electron chi connectivity index (χ2n) is 8.08. The predicted molar refractivity (Wildman–Crippen MR) is 96.2 cm³/mol. The molecule has 0 radical (unpaired) electrons. The van der Waals surface area contributed by atoms with Crippen LogP contribution in [0.25, 0.3) is 0 Å². The molecule has 0 aromatic heterocycles. The van der Waals surface area contributed by atoms with Crippen LogP contribution in [0.15, 0.2) is 18.2 Å². The summed E-state index contributed by atoms with van der Waals surface area (Å²) in [6.45, 7) is 11.4. The number of carbonyl (C=O) groups excluding carboxylic acids is 1. The lowest BCUT2D eigenvalue weighted by Gasteiger charge is -2.34. The normalized spacial score (nSPS) is 17.3. The van der Waals surface area contributed by atoms with Crippen LogP contribution < -0.4 is 4.74 Å². The molecule has 1 saturated carbocycles. The van der Waals surface area contributed by atoms with Crippen LogP contribution in [-0.2, 0) is 0 Å². The van der Waals surface area contributed by atoms with Gasteiger partial charge in [-0.15, -0.1) is 0 Å². The van der Waals surface area contributed by atoms with Gasteiger partial charge in [0.25, 0.3) is 0 Å². The Morgan fingerprint density at radius 1 is 1.26 bits per heavy atom. The van der Waals surface area contributed by atoms with Crippen molar-refractivity contribution in [2.45, 2.75) is 66.7 Å². The van der Waals surface area contributed by atoms with Crippen LogP contribution in [0.1, 0.15) is 75.7 Å². The molecular formula is C21H32O2. The molecule has 1 aliphatic carbocycles. The minimum Gasteiger partial charge on any atom is -0.493 e. The third-order valence-electron chi connectivity index (χ3n) is 5.02. The van der Waals surface area contributed by atoms with E-state index in [1.54, 1.807) is 0 Å². The van der Waals surface area contributed by atoms with Crippen molar-refractivity contribution in [1.82, 2.24) is 0 Å². The number of aryl methyl sites for hydroxylation is 1. The number of hydrogen-bond acceptors (Lipinski definition) is 2. The van der Waals surface area contributed by atoms with E-state index in [9.17, 15) is 4.79 Å². The van der Waals surface area contributed by atoms with Gasteiger partial charge in [0, 0.05) is 11.5 Å². The van der Waals surface area contributed by atoms with E-state index < -0.39 is 0 Å². The summed E-state index contributed by atoms with van der Waals surface area (Å²) in [5.74, 6) is 1.79. The Bertz CT molecular complexity index is 533. The minimum absolute atomic E-state index is 0.00140. The number of carbonyl (C=O) groups is 1. The molecule has 1 aliphatic rings. The van der Waals surface area contributed by atoms with Gasteiger partial charge in [-0.05, 0) is 49.1 Å². The Labute approximate surface area is 141 Å². The molecule has 2 nitrogen and oxygen atoms in total. The summed E-state index contributed by atoms with van der Waals surface area (Å²) in [6, 6.07) is 5.96. The number of ketones is 1. The molecule has 0 amide bonds.